The van der Waals surface area contributed by atoms with E-state index in [-0.39, 0.29) is 12.0 Å². The minimum absolute atomic E-state index is 0.0750. The average Bonchev–Trinajstić information content (AvgIpc) is 3.72. The number of rotatable bonds is 7. The Morgan fingerprint density at radius 1 is 0.355 bits per heavy atom. The molecule has 292 valence electrons. The Labute approximate surface area is 361 Å². The summed E-state index contributed by atoms with van der Waals surface area (Å²) >= 11 is 0. The van der Waals surface area contributed by atoms with Gasteiger partial charge < -0.3 is 9.64 Å². The fourth-order valence-corrected chi connectivity index (χ4v) is 9.66. The second-order valence-electron chi connectivity index (χ2n) is 16.4. The molecule has 1 heterocycles. The van der Waals surface area contributed by atoms with Crippen molar-refractivity contribution in [2.75, 3.05) is 4.90 Å². The van der Waals surface area contributed by atoms with Crippen molar-refractivity contribution in [1.29, 1.82) is 0 Å². The standard InChI is InChI=1S/C60H41NO/c1-2-13-43(14-3-1)52-34-33-50(39-56(52)44-25-22-41(23-26-44)47-30-35-60-57(37-47)55-20-10-11-21-59(55)62-60)61(58-38-48-16-6-7-17-51(48)53-18-8-9-19-54(53)58)49-31-28-42(29-32-49)46-27-24-40-12-4-5-15-45(40)36-46/h1-39,55,59H. The molecule has 2 nitrogen and oxygen atoms in total. The molecule has 1 aliphatic carbocycles. The zero-order chi connectivity index (χ0) is 41.0. The minimum atomic E-state index is 0.0750. The molecule has 2 unspecified atom stereocenters. The first-order valence-corrected chi connectivity index (χ1v) is 21.5. The van der Waals surface area contributed by atoms with E-state index in [4.69, 9.17) is 4.74 Å². The van der Waals surface area contributed by atoms with Gasteiger partial charge in [0.25, 0.3) is 0 Å². The van der Waals surface area contributed by atoms with Crippen LogP contribution >= 0.6 is 0 Å². The highest BCUT2D eigenvalue weighted by atomic mass is 16.5. The molecule has 0 spiro atoms. The SMILES string of the molecule is C1=CC2Oc3ccc(-c4ccc(-c5cc(N(c6ccc(-c7ccc8ccccc8c7)cc6)c6cc7ccccc7c7ccccc67)ccc5-c5ccccc5)cc4)cc3C2C=C1. The Morgan fingerprint density at radius 3 is 1.77 bits per heavy atom. The number of allylic oxidation sites excluding steroid dienone is 2. The Kier molecular flexibility index (Phi) is 8.67. The molecule has 1 aliphatic heterocycles. The lowest BCUT2D eigenvalue weighted by atomic mass is 9.89. The lowest BCUT2D eigenvalue weighted by Crippen LogP contribution is -2.15. The van der Waals surface area contributed by atoms with Crippen molar-refractivity contribution < 1.29 is 4.74 Å². The largest absolute Gasteiger partial charge is 0.485 e. The smallest absolute Gasteiger partial charge is 0.128 e. The summed E-state index contributed by atoms with van der Waals surface area (Å²) in [5.74, 6) is 1.23. The fraction of sp³-hybridized carbons (Fsp3) is 0.0333. The van der Waals surface area contributed by atoms with Crippen LogP contribution in [0.1, 0.15) is 11.5 Å². The Bertz CT molecular complexity index is 3380. The summed E-state index contributed by atoms with van der Waals surface area (Å²) in [4.78, 5) is 2.44. The normalized spacial score (nSPS) is 15.1. The van der Waals surface area contributed by atoms with Gasteiger partial charge in [-0.25, -0.2) is 0 Å². The number of hydrogen-bond donors (Lipinski definition) is 0. The van der Waals surface area contributed by atoms with Crippen LogP contribution in [-0.2, 0) is 0 Å². The van der Waals surface area contributed by atoms with E-state index in [9.17, 15) is 0 Å². The zero-order valence-corrected chi connectivity index (χ0v) is 34.0. The van der Waals surface area contributed by atoms with E-state index >= 15 is 0 Å². The van der Waals surface area contributed by atoms with E-state index in [1.165, 1.54) is 76.8 Å². The quantitative estimate of drug-likeness (QED) is 0.149. The summed E-state index contributed by atoms with van der Waals surface area (Å²) in [6.07, 6.45) is 8.70. The summed E-state index contributed by atoms with van der Waals surface area (Å²) in [6, 6.07) is 77.8. The molecule has 0 radical (unpaired) electrons. The molecule has 2 heteroatoms. The van der Waals surface area contributed by atoms with E-state index in [0.29, 0.717) is 0 Å². The third-order valence-electron chi connectivity index (χ3n) is 12.8. The van der Waals surface area contributed by atoms with Gasteiger partial charge in [0.05, 0.1) is 5.69 Å². The van der Waals surface area contributed by atoms with Crippen molar-refractivity contribution in [2.24, 2.45) is 0 Å². The van der Waals surface area contributed by atoms with Gasteiger partial charge in [0.2, 0.25) is 0 Å². The summed E-state index contributed by atoms with van der Waals surface area (Å²) in [7, 11) is 0. The second kappa shape index (κ2) is 15.0. The van der Waals surface area contributed by atoms with Gasteiger partial charge in [0.15, 0.2) is 0 Å². The second-order valence-corrected chi connectivity index (χ2v) is 16.4. The third-order valence-corrected chi connectivity index (χ3v) is 12.8. The van der Waals surface area contributed by atoms with Crippen LogP contribution < -0.4 is 9.64 Å². The predicted octanol–water partition coefficient (Wildman–Crippen LogP) is 16.3. The molecule has 10 aromatic rings. The Morgan fingerprint density at radius 2 is 0.952 bits per heavy atom. The summed E-state index contributed by atoms with van der Waals surface area (Å²) < 4.78 is 6.27. The molecule has 0 aromatic heterocycles. The number of hydrogen-bond acceptors (Lipinski definition) is 2. The van der Waals surface area contributed by atoms with Crippen LogP contribution in [0.4, 0.5) is 17.1 Å². The minimum Gasteiger partial charge on any atom is -0.485 e. The Hall–Kier alpha value is -7.94. The number of benzene rings is 10. The zero-order valence-electron chi connectivity index (χ0n) is 34.0. The van der Waals surface area contributed by atoms with E-state index in [2.05, 4.69) is 242 Å². The van der Waals surface area contributed by atoms with Gasteiger partial charge in [0, 0.05) is 28.2 Å². The summed E-state index contributed by atoms with van der Waals surface area (Å²) in [5, 5.41) is 7.39. The van der Waals surface area contributed by atoms with Gasteiger partial charge in [-0.2, -0.15) is 0 Å². The molecular weight excluding hydrogens is 751 g/mol. The number of fused-ring (bicyclic) bond motifs is 7. The van der Waals surface area contributed by atoms with Crippen LogP contribution in [0.15, 0.2) is 237 Å². The maximum absolute atomic E-state index is 6.27. The first-order chi connectivity index (χ1) is 30.7. The van der Waals surface area contributed by atoms with Crippen molar-refractivity contribution in [2.45, 2.75) is 12.0 Å². The highest BCUT2D eigenvalue weighted by molar-refractivity contribution is 6.14. The van der Waals surface area contributed by atoms with Crippen molar-refractivity contribution >= 4 is 49.4 Å². The summed E-state index contributed by atoms with van der Waals surface area (Å²) in [5.41, 5.74) is 14.0. The maximum atomic E-state index is 6.27. The van der Waals surface area contributed by atoms with Crippen LogP contribution in [0.25, 0.3) is 76.8 Å². The highest BCUT2D eigenvalue weighted by Gasteiger charge is 2.32. The van der Waals surface area contributed by atoms with Gasteiger partial charge in [-0.05, 0) is 126 Å². The highest BCUT2D eigenvalue weighted by Crippen LogP contribution is 2.46. The molecule has 12 rings (SSSR count). The lowest BCUT2D eigenvalue weighted by Gasteiger charge is -2.29. The van der Waals surface area contributed by atoms with E-state index < -0.39 is 0 Å². The van der Waals surface area contributed by atoms with Crippen LogP contribution in [0.2, 0.25) is 0 Å². The van der Waals surface area contributed by atoms with Crippen molar-refractivity contribution in [3.63, 3.8) is 0 Å². The van der Waals surface area contributed by atoms with Gasteiger partial charge in [-0.3, -0.25) is 0 Å². The van der Waals surface area contributed by atoms with Gasteiger partial charge in [0.1, 0.15) is 11.9 Å². The van der Waals surface area contributed by atoms with Crippen molar-refractivity contribution in [3.05, 3.63) is 242 Å². The van der Waals surface area contributed by atoms with Crippen molar-refractivity contribution in [1.82, 2.24) is 0 Å². The lowest BCUT2D eigenvalue weighted by molar-refractivity contribution is 0.269. The molecule has 0 fully saturated rings. The fourth-order valence-electron chi connectivity index (χ4n) is 9.66. The molecule has 10 aromatic carbocycles. The van der Waals surface area contributed by atoms with Gasteiger partial charge in [-0.15, -0.1) is 0 Å². The average molecular weight is 792 g/mol. The van der Waals surface area contributed by atoms with E-state index in [1.54, 1.807) is 0 Å². The van der Waals surface area contributed by atoms with Crippen LogP contribution in [0, 0.1) is 0 Å². The third kappa shape index (κ3) is 6.28. The molecule has 0 bridgehead atoms. The number of nitrogens with zero attached hydrogens (tertiary/aromatic N) is 1. The molecule has 2 aliphatic rings. The topological polar surface area (TPSA) is 12.5 Å². The van der Waals surface area contributed by atoms with Crippen LogP contribution in [0.3, 0.4) is 0 Å². The first-order valence-electron chi connectivity index (χ1n) is 21.5. The molecule has 0 saturated heterocycles. The molecule has 0 amide bonds. The monoisotopic (exact) mass is 791 g/mol. The number of anilines is 3. The van der Waals surface area contributed by atoms with Crippen LogP contribution in [0.5, 0.6) is 5.75 Å². The molecule has 2 atom stereocenters. The predicted molar refractivity (Wildman–Crippen MR) is 261 cm³/mol. The van der Waals surface area contributed by atoms with Crippen molar-refractivity contribution in [3.8, 4) is 50.3 Å². The van der Waals surface area contributed by atoms with Gasteiger partial charge in [-0.1, -0.05) is 182 Å². The van der Waals surface area contributed by atoms with E-state index in [0.717, 1.165) is 28.4 Å². The van der Waals surface area contributed by atoms with E-state index in [1.807, 2.05) is 0 Å². The molecular formula is C60H41NO. The Balaban J connectivity index is 1.01. The first kappa shape index (κ1) is 36.0. The molecule has 62 heavy (non-hydrogen) atoms. The number of ether oxygens (including phenoxy) is 1. The van der Waals surface area contributed by atoms with Crippen LogP contribution in [-0.4, -0.2) is 6.10 Å². The maximum Gasteiger partial charge on any atom is 0.128 e. The summed E-state index contributed by atoms with van der Waals surface area (Å²) in [6.45, 7) is 0. The van der Waals surface area contributed by atoms with Gasteiger partial charge >= 0.3 is 0 Å². The molecule has 0 N–H and O–H groups in total. The molecule has 0 saturated carbocycles.